The highest BCUT2D eigenvalue weighted by molar-refractivity contribution is 5.79. The third-order valence-corrected chi connectivity index (χ3v) is 4.20. The molecule has 1 aliphatic heterocycles. The van der Waals surface area contributed by atoms with E-state index < -0.39 is 0 Å². The maximum atomic E-state index is 6.02. The van der Waals surface area contributed by atoms with Gasteiger partial charge in [0.15, 0.2) is 5.96 Å². The second-order valence-corrected chi connectivity index (χ2v) is 5.61. The Labute approximate surface area is 104 Å². The molecule has 0 aromatic rings. The van der Waals surface area contributed by atoms with Crippen molar-refractivity contribution in [1.82, 2.24) is 5.32 Å². The fraction of sp³-hybridized carbons (Fsp3) is 0.923. The normalized spacial score (nSPS) is 36.1. The summed E-state index contributed by atoms with van der Waals surface area (Å²) in [5.74, 6) is 0.594. The SMILES string of the molecule is CC1OCCC1(C)NC(N)=NC1CCCCC1. The largest absolute Gasteiger partial charge is 0.376 e. The first kappa shape index (κ1) is 12.7. The molecule has 4 nitrogen and oxygen atoms in total. The second-order valence-electron chi connectivity index (χ2n) is 5.61. The number of aliphatic imine (C=N–C) groups is 1. The summed E-state index contributed by atoms with van der Waals surface area (Å²) in [6.45, 7) is 5.06. The Morgan fingerprint density at radius 2 is 2.06 bits per heavy atom. The topological polar surface area (TPSA) is 59.6 Å². The molecule has 0 aromatic carbocycles. The zero-order chi connectivity index (χ0) is 12.3. The third kappa shape index (κ3) is 3.12. The molecule has 0 bridgehead atoms. The Morgan fingerprint density at radius 3 is 2.65 bits per heavy atom. The summed E-state index contributed by atoms with van der Waals surface area (Å²) in [4.78, 5) is 4.61. The van der Waals surface area contributed by atoms with Gasteiger partial charge in [-0.1, -0.05) is 19.3 Å². The molecule has 3 N–H and O–H groups in total. The summed E-state index contributed by atoms with van der Waals surface area (Å²) in [5.41, 5.74) is 5.96. The lowest BCUT2D eigenvalue weighted by Crippen LogP contribution is -2.53. The number of nitrogens with two attached hydrogens (primary N) is 1. The van der Waals surface area contributed by atoms with Crippen molar-refractivity contribution in [3.05, 3.63) is 0 Å². The summed E-state index contributed by atoms with van der Waals surface area (Å²) < 4.78 is 5.59. The summed E-state index contributed by atoms with van der Waals surface area (Å²) in [7, 11) is 0. The van der Waals surface area contributed by atoms with Gasteiger partial charge in [0.2, 0.25) is 0 Å². The van der Waals surface area contributed by atoms with E-state index in [4.69, 9.17) is 10.5 Å². The lowest BCUT2D eigenvalue weighted by molar-refractivity contribution is 0.0946. The van der Waals surface area contributed by atoms with Crippen LogP contribution < -0.4 is 11.1 Å². The number of ether oxygens (including phenoxy) is 1. The van der Waals surface area contributed by atoms with Gasteiger partial charge in [0.25, 0.3) is 0 Å². The van der Waals surface area contributed by atoms with Crippen LogP contribution in [0.4, 0.5) is 0 Å². The molecule has 2 rings (SSSR count). The van der Waals surface area contributed by atoms with Gasteiger partial charge in [0, 0.05) is 6.61 Å². The van der Waals surface area contributed by atoms with Gasteiger partial charge in [-0.2, -0.15) is 0 Å². The van der Waals surface area contributed by atoms with Crippen LogP contribution in [0.1, 0.15) is 52.4 Å². The smallest absolute Gasteiger partial charge is 0.189 e. The van der Waals surface area contributed by atoms with Gasteiger partial charge in [-0.3, -0.25) is 4.99 Å². The maximum absolute atomic E-state index is 6.02. The maximum Gasteiger partial charge on any atom is 0.189 e. The molecule has 17 heavy (non-hydrogen) atoms. The van der Waals surface area contributed by atoms with Crippen LogP contribution in [0.15, 0.2) is 4.99 Å². The molecule has 1 saturated heterocycles. The van der Waals surface area contributed by atoms with E-state index in [0.717, 1.165) is 13.0 Å². The van der Waals surface area contributed by atoms with Crippen LogP contribution in [0.25, 0.3) is 0 Å². The molecule has 0 amide bonds. The molecule has 0 radical (unpaired) electrons. The Kier molecular flexibility index (Phi) is 3.92. The van der Waals surface area contributed by atoms with Gasteiger partial charge in [0.05, 0.1) is 17.7 Å². The summed E-state index contributed by atoms with van der Waals surface area (Å²) >= 11 is 0. The van der Waals surface area contributed by atoms with E-state index in [2.05, 4.69) is 24.2 Å². The molecular weight excluding hydrogens is 214 g/mol. The van der Waals surface area contributed by atoms with Crippen LogP contribution in [0, 0.1) is 0 Å². The molecule has 98 valence electrons. The second kappa shape index (κ2) is 5.25. The highest BCUT2D eigenvalue weighted by Crippen LogP contribution is 2.25. The fourth-order valence-corrected chi connectivity index (χ4v) is 2.73. The lowest BCUT2D eigenvalue weighted by atomic mass is 9.94. The third-order valence-electron chi connectivity index (χ3n) is 4.20. The molecule has 1 aliphatic carbocycles. The van der Waals surface area contributed by atoms with Crippen LogP contribution in [-0.4, -0.2) is 30.3 Å². The van der Waals surface area contributed by atoms with E-state index in [9.17, 15) is 0 Å². The average Bonchev–Trinajstić information content (AvgIpc) is 2.60. The molecule has 1 heterocycles. The molecule has 1 saturated carbocycles. The zero-order valence-electron chi connectivity index (χ0n) is 11.0. The summed E-state index contributed by atoms with van der Waals surface area (Å²) in [5, 5.41) is 3.36. The Bertz CT molecular complexity index is 286. The predicted octanol–water partition coefficient (Wildman–Crippen LogP) is 1.79. The zero-order valence-corrected chi connectivity index (χ0v) is 11.0. The van der Waals surface area contributed by atoms with E-state index in [1.54, 1.807) is 0 Å². The van der Waals surface area contributed by atoms with Gasteiger partial charge in [-0.05, 0) is 33.1 Å². The number of nitrogens with one attached hydrogen (secondary N) is 1. The first-order valence-electron chi connectivity index (χ1n) is 6.83. The van der Waals surface area contributed by atoms with Gasteiger partial charge in [-0.15, -0.1) is 0 Å². The van der Waals surface area contributed by atoms with Crippen LogP contribution in [0.2, 0.25) is 0 Å². The van der Waals surface area contributed by atoms with Gasteiger partial charge in [0.1, 0.15) is 0 Å². The highest BCUT2D eigenvalue weighted by atomic mass is 16.5. The minimum atomic E-state index is -0.0533. The minimum Gasteiger partial charge on any atom is -0.376 e. The molecule has 2 unspecified atom stereocenters. The van der Waals surface area contributed by atoms with Crippen LogP contribution in [-0.2, 0) is 4.74 Å². The van der Waals surface area contributed by atoms with Crippen LogP contribution >= 0.6 is 0 Å². The van der Waals surface area contributed by atoms with Gasteiger partial charge < -0.3 is 15.8 Å². The van der Waals surface area contributed by atoms with Gasteiger partial charge >= 0.3 is 0 Å². The molecule has 2 aliphatic rings. The van der Waals surface area contributed by atoms with Crippen molar-refractivity contribution >= 4 is 5.96 Å². The van der Waals surface area contributed by atoms with Crippen molar-refractivity contribution in [2.24, 2.45) is 10.7 Å². The molecule has 0 aromatic heterocycles. The van der Waals surface area contributed by atoms with Crippen LogP contribution in [0.5, 0.6) is 0 Å². The predicted molar refractivity (Wildman–Crippen MR) is 70.1 cm³/mol. The van der Waals surface area contributed by atoms with E-state index in [-0.39, 0.29) is 11.6 Å². The molecule has 4 heteroatoms. The fourth-order valence-electron chi connectivity index (χ4n) is 2.73. The minimum absolute atomic E-state index is 0.0533. The Morgan fingerprint density at radius 1 is 1.35 bits per heavy atom. The number of hydrogen-bond donors (Lipinski definition) is 2. The first-order valence-corrected chi connectivity index (χ1v) is 6.83. The number of rotatable bonds is 2. The standard InChI is InChI=1S/C13H25N3O/c1-10-13(2,8-9-17-10)16-12(14)15-11-6-4-3-5-7-11/h10-11H,3-9H2,1-2H3,(H3,14,15,16). The monoisotopic (exact) mass is 239 g/mol. The molecular formula is C13H25N3O. The molecule has 0 spiro atoms. The van der Waals surface area contributed by atoms with Crippen molar-refractivity contribution in [2.75, 3.05) is 6.61 Å². The van der Waals surface area contributed by atoms with Crippen molar-refractivity contribution in [3.8, 4) is 0 Å². The Balaban J connectivity index is 1.91. The highest BCUT2D eigenvalue weighted by Gasteiger charge is 2.37. The quantitative estimate of drug-likeness (QED) is 0.570. The molecule has 2 atom stereocenters. The van der Waals surface area contributed by atoms with Crippen molar-refractivity contribution in [2.45, 2.75) is 70.1 Å². The Hall–Kier alpha value is -0.770. The van der Waals surface area contributed by atoms with Gasteiger partial charge in [-0.25, -0.2) is 0 Å². The summed E-state index contributed by atoms with van der Waals surface area (Å²) in [6, 6.07) is 0.428. The number of guanidine groups is 1. The van der Waals surface area contributed by atoms with Crippen molar-refractivity contribution < 1.29 is 4.74 Å². The van der Waals surface area contributed by atoms with E-state index in [0.29, 0.717) is 12.0 Å². The summed E-state index contributed by atoms with van der Waals surface area (Å²) in [6.07, 6.45) is 7.49. The van der Waals surface area contributed by atoms with Crippen molar-refractivity contribution in [1.29, 1.82) is 0 Å². The van der Waals surface area contributed by atoms with E-state index in [1.807, 2.05) is 0 Å². The van der Waals surface area contributed by atoms with Crippen LogP contribution in [0.3, 0.4) is 0 Å². The number of nitrogens with zero attached hydrogens (tertiary/aromatic N) is 1. The number of hydrogen-bond acceptors (Lipinski definition) is 2. The van der Waals surface area contributed by atoms with E-state index in [1.165, 1.54) is 32.1 Å². The average molecular weight is 239 g/mol. The van der Waals surface area contributed by atoms with E-state index >= 15 is 0 Å². The van der Waals surface area contributed by atoms with Crippen molar-refractivity contribution in [3.63, 3.8) is 0 Å². The first-order chi connectivity index (χ1) is 8.10. The molecule has 2 fully saturated rings. The lowest BCUT2D eigenvalue weighted by Gasteiger charge is -2.30.